The van der Waals surface area contributed by atoms with Crippen molar-refractivity contribution in [1.29, 1.82) is 0 Å². The lowest BCUT2D eigenvalue weighted by Crippen LogP contribution is -2.13. The molecular weight excluding hydrogens is 582 g/mol. The third kappa shape index (κ3) is 5.20. The van der Waals surface area contributed by atoms with E-state index in [-0.39, 0.29) is 17.0 Å². The molecule has 7 aromatic rings. The second-order valence-electron chi connectivity index (χ2n) is 9.92. The van der Waals surface area contributed by atoms with Crippen molar-refractivity contribution >= 4 is 33.1 Å². The van der Waals surface area contributed by atoms with Crippen molar-refractivity contribution in [3.8, 4) is 39.0 Å². The minimum absolute atomic E-state index is 0.00724. The van der Waals surface area contributed by atoms with Gasteiger partial charge < -0.3 is 14.6 Å². The number of carbonyl (C=O) groups excluding carboxylic acids is 1. The number of anilines is 1. The van der Waals surface area contributed by atoms with Crippen molar-refractivity contribution in [1.82, 2.24) is 24.3 Å². The molecule has 4 aromatic heterocycles. The number of halogens is 2. The van der Waals surface area contributed by atoms with Gasteiger partial charge in [0.15, 0.2) is 11.6 Å². The summed E-state index contributed by atoms with van der Waals surface area (Å²) in [4.78, 5) is 23.2. The summed E-state index contributed by atoms with van der Waals surface area (Å²) in [5.74, 6) is -1.12. The lowest BCUT2D eigenvalue weighted by molar-refractivity contribution is 0.102. The maximum absolute atomic E-state index is 15.3. The quantitative estimate of drug-likeness (QED) is 0.200. The SMILES string of the molecule is Cn1cnc(-c2cc3nccc(Oc4ccc(NC(=O)c5cnn(-c6ccccc6)c5-c5ccc(F)cc5)cc4F)c3s2)c1. The van der Waals surface area contributed by atoms with Crippen LogP contribution in [0.15, 0.2) is 110 Å². The van der Waals surface area contributed by atoms with Crippen LogP contribution in [0, 0.1) is 11.6 Å². The summed E-state index contributed by atoms with van der Waals surface area (Å²) in [6.45, 7) is 0. The molecule has 4 heterocycles. The molecule has 3 aromatic carbocycles. The molecule has 1 N–H and O–H groups in total. The van der Waals surface area contributed by atoms with E-state index < -0.39 is 17.5 Å². The van der Waals surface area contributed by atoms with Crippen LogP contribution < -0.4 is 10.1 Å². The number of fused-ring (bicyclic) bond motifs is 1. The highest BCUT2D eigenvalue weighted by atomic mass is 32.1. The highest BCUT2D eigenvalue weighted by Gasteiger charge is 2.21. The van der Waals surface area contributed by atoms with E-state index in [4.69, 9.17) is 4.74 Å². The second kappa shape index (κ2) is 11.2. The molecule has 7 rings (SSSR count). The average molecular weight is 605 g/mol. The maximum Gasteiger partial charge on any atom is 0.259 e. The number of nitrogens with zero attached hydrogens (tertiary/aromatic N) is 5. The number of aromatic nitrogens is 5. The van der Waals surface area contributed by atoms with Gasteiger partial charge in [0, 0.05) is 42.8 Å². The highest BCUT2D eigenvalue weighted by Crippen LogP contribution is 2.39. The van der Waals surface area contributed by atoms with Gasteiger partial charge in [-0.1, -0.05) is 18.2 Å². The predicted molar refractivity (Wildman–Crippen MR) is 165 cm³/mol. The van der Waals surface area contributed by atoms with Gasteiger partial charge in [-0.05, 0) is 54.6 Å². The Hall–Kier alpha value is -5.68. The van der Waals surface area contributed by atoms with Crippen molar-refractivity contribution < 1.29 is 18.3 Å². The van der Waals surface area contributed by atoms with Gasteiger partial charge in [0.25, 0.3) is 5.91 Å². The summed E-state index contributed by atoms with van der Waals surface area (Å²) in [5, 5.41) is 7.18. The number of para-hydroxylation sites is 1. The molecule has 0 bridgehead atoms. The highest BCUT2D eigenvalue weighted by molar-refractivity contribution is 7.22. The molecule has 0 saturated heterocycles. The molecule has 0 unspecified atom stereocenters. The van der Waals surface area contributed by atoms with Crippen molar-refractivity contribution in [2.24, 2.45) is 7.05 Å². The Bertz CT molecular complexity index is 2140. The van der Waals surface area contributed by atoms with E-state index in [0.717, 1.165) is 21.0 Å². The van der Waals surface area contributed by atoms with Crippen LogP contribution in [0.25, 0.3) is 37.7 Å². The van der Waals surface area contributed by atoms with Gasteiger partial charge >= 0.3 is 0 Å². The number of rotatable bonds is 7. The smallest absolute Gasteiger partial charge is 0.259 e. The fraction of sp³-hybridized carbons (Fsp3) is 0.0303. The Balaban J connectivity index is 1.15. The second-order valence-corrected chi connectivity index (χ2v) is 11.0. The molecule has 44 heavy (non-hydrogen) atoms. The van der Waals surface area contributed by atoms with Crippen LogP contribution in [-0.4, -0.2) is 30.2 Å². The van der Waals surface area contributed by atoms with Crippen LogP contribution in [0.2, 0.25) is 0 Å². The maximum atomic E-state index is 15.3. The molecule has 0 atom stereocenters. The summed E-state index contributed by atoms with van der Waals surface area (Å²) in [7, 11) is 1.90. The van der Waals surface area contributed by atoms with Crippen LogP contribution in [-0.2, 0) is 7.05 Å². The number of nitrogens with one attached hydrogen (secondary N) is 1. The van der Waals surface area contributed by atoms with Crippen LogP contribution in [0.3, 0.4) is 0 Å². The number of amides is 1. The van der Waals surface area contributed by atoms with E-state index in [2.05, 4.69) is 20.4 Å². The van der Waals surface area contributed by atoms with Crippen LogP contribution >= 0.6 is 11.3 Å². The number of aryl methyl sites for hydroxylation is 1. The molecule has 0 aliphatic carbocycles. The van der Waals surface area contributed by atoms with Gasteiger partial charge in [0.2, 0.25) is 0 Å². The van der Waals surface area contributed by atoms with Crippen LogP contribution in [0.5, 0.6) is 11.5 Å². The third-order valence-corrected chi connectivity index (χ3v) is 8.04. The lowest BCUT2D eigenvalue weighted by Gasteiger charge is -2.12. The zero-order valence-electron chi connectivity index (χ0n) is 23.1. The normalized spacial score (nSPS) is 11.2. The van der Waals surface area contributed by atoms with Gasteiger partial charge in [0.05, 0.1) is 50.3 Å². The first kappa shape index (κ1) is 27.2. The molecule has 0 saturated carbocycles. The zero-order valence-corrected chi connectivity index (χ0v) is 23.9. The number of pyridine rings is 1. The van der Waals surface area contributed by atoms with E-state index in [9.17, 15) is 9.18 Å². The minimum Gasteiger partial charge on any atom is -0.453 e. The Morgan fingerprint density at radius 3 is 2.50 bits per heavy atom. The van der Waals surface area contributed by atoms with E-state index in [1.54, 1.807) is 41.5 Å². The molecule has 0 aliphatic rings. The van der Waals surface area contributed by atoms with Crippen molar-refractivity contribution in [3.63, 3.8) is 0 Å². The summed E-state index contributed by atoms with van der Waals surface area (Å²) in [6, 6.07) is 22.9. The molecule has 0 spiro atoms. The van der Waals surface area contributed by atoms with Crippen LogP contribution in [0.4, 0.5) is 14.5 Å². The summed E-state index contributed by atoms with van der Waals surface area (Å²) < 4.78 is 39.2. The number of imidazole rings is 1. The first-order valence-corrected chi connectivity index (χ1v) is 14.3. The fourth-order valence-electron chi connectivity index (χ4n) is 4.80. The third-order valence-electron chi connectivity index (χ3n) is 6.88. The number of hydrogen-bond donors (Lipinski definition) is 1. The molecule has 11 heteroatoms. The fourth-order valence-corrected chi connectivity index (χ4v) is 5.83. The summed E-state index contributed by atoms with van der Waals surface area (Å²) in [6.07, 6.45) is 6.67. The number of ether oxygens (including phenoxy) is 1. The predicted octanol–water partition coefficient (Wildman–Crippen LogP) is 7.87. The molecular formula is C33H22F2N6O2S. The summed E-state index contributed by atoms with van der Waals surface area (Å²) >= 11 is 1.45. The monoisotopic (exact) mass is 604 g/mol. The molecule has 0 aliphatic heterocycles. The van der Waals surface area contributed by atoms with Gasteiger partial charge in [0.1, 0.15) is 11.6 Å². The Morgan fingerprint density at radius 1 is 0.932 bits per heavy atom. The number of carbonyl (C=O) groups is 1. The topological polar surface area (TPSA) is 86.9 Å². The van der Waals surface area contributed by atoms with Gasteiger partial charge in [-0.2, -0.15) is 5.10 Å². The molecule has 8 nitrogen and oxygen atoms in total. The zero-order chi connectivity index (χ0) is 30.2. The number of thiophene rings is 1. The summed E-state index contributed by atoms with van der Waals surface area (Å²) in [5.41, 5.74) is 3.78. The Kier molecular flexibility index (Phi) is 6.91. The molecule has 0 radical (unpaired) electrons. The van der Waals surface area contributed by atoms with E-state index in [0.29, 0.717) is 22.5 Å². The van der Waals surface area contributed by atoms with Crippen LogP contribution in [0.1, 0.15) is 10.4 Å². The molecule has 1 amide bonds. The van der Waals surface area contributed by atoms with Gasteiger partial charge in [-0.3, -0.25) is 9.78 Å². The largest absolute Gasteiger partial charge is 0.453 e. The molecule has 216 valence electrons. The van der Waals surface area contributed by atoms with Crippen molar-refractivity contribution in [3.05, 3.63) is 127 Å². The Morgan fingerprint density at radius 2 is 1.75 bits per heavy atom. The first-order valence-electron chi connectivity index (χ1n) is 13.5. The van der Waals surface area contributed by atoms with Crippen molar-refractivity contribution in [2.45, 2.75) is 0 Å². The number of hydrogen-bond acceptors (Lipinski definition) is 6. The Labute approximate surface area is 253 Å². The minimum atomic E-state index is -0.659. The van der Waals surface area contributed by atoms with E-state index in [1.807, 2.05) is 54.2 Å². The van der Waals surface area contributed by atoms with Crippen molar-refractivity contribution in [2.75, 3.05) is 5.32 Å². The lowest BCUT2D eigenvalue weighted by atomic mass is 10.1. The average Bonchev–Trinajstić information content (AvgIpc) is 3.78. The first-order chi connectivity index (χ1) is 21.4. The standard InChI is InChI=1S/C33H22F2N6O2S/c1-40-18-27(37-19-40)30-16-26-32(44-30)29(13-14-36-26)43-28-12-11-22(15-25(28)35)39-33(42)24-17-38-41(23-5-3-2-4-6-23)31(24)20-7-9-21(34)10-8-20/h2-19H,1H3,(H,39,42). The van der Waals surface area contributed by atoms with E-state index in [1.165, 1.54) is 41.8 Å². The molecule has 0 fully saturated rings. The van der Waals surface area contributed by atoms with Gasteiger partial charge in [-0.25, -0.2) is 18.4 Å². The number of benzene rings is 3. The van der Waals surface area contributed by atoms with E-state index >= 15 is 4.39 Å². The van der Waals surface area contributed by atoms with Gasteiger partial charge in [-0.15, -0.1) is 11.3 Å².